The molecule has 1 aliphatic carbocycles. The van der Waals surface area contributed by atoms with Crippen LogP contribution in [0.3, 0.4) is 0 Å². The van der Waals surface area contributed by atoms with Gasteiger partial charge >= 0.3 is 0 Å². The van der Waals surface area contributed by atoms with Gasteiger partial charge in [-0.15, -0.1) is 0 Å². The quantitative estimate of drug-likeness (QED) is 0.925. The molecule has 2 aliphatic rings. The van der Waals surface area contributed by atoms with Gasteiger partial charge in [0.1, 0.15) is 11.6 Å². The molecule has 1 saturated heterocycles. The first kappa shape index (κ1) is 16.5. The van der Waals surface area contributed by atoms with Crippen LogP contribution in [-0.4, -0.2) is 40.8 Å². The van der Waals surface area contributed by atoms with E-state index < -0.39 is 0 Å². The number of anilines is 1. The molecule has 1 N–H and O–H groups in total. The number of aromatic amines is 1. The van der Waals surface area contributed by atoms with Crippen molar-refractivity contribution < 1.29 is 4.74 Å². The number of nitrogens with zero attached hydrogens (tertiary/aromatic N) is 3. The Hall–Kier alpha value is -1.95. The third-order valence-electron chi connectivity index (χ3n) is 5.49. The number of aryl methyl sites for hydroxylation is 2. The third kappa shape index (κ3) is 3.40. The molecule has 0 unspecified atom stereocenters. The lowest BCUT2D eigenvalue weighted by atomic mass is 10.1. The van der Waals surface area contributed by atoms with E-state index in [2.05, 4.69) is 21.8 Å². The second kappa shape index (κ2) is 6.09. The molecule has 25 heavy (non-hydrogen) atoms. The fraction of sp³-hybridized carbons (Fsp3) is 0.632. The predicted molar refractivity (Wildman–Crippen MR) is 98.2 cm³/mol. The number of nitrogens with one attached hydrogen (secondary N) is 1. The Labute approximate surface area is 147 Å². The van der Waals surface area contributed by atoms with Crippen molar-refractivity contribution in [1.29, 1.82) is 0 Å². The average Bonchev–Trinajstić information content (AvgIpc) is 3.32. The third-order valence-corrected chi connectivity index (χ3v) is 5.49. The van der Waals surface area contributed by atoms with Crippen LogP contribution in [0.2, 0.25) is 0 Å². The molecule has 6 nitrogen and oxygen atoms in total. The van der Waals surface area contributed by atoms with E-state index in [1.165, 1.54) is 12.8 Å². The molecule has 3 heterocycles. The summed E-state index contributed by atoms with van der Waals surface area (Å²) in [7, 11) is 0. The number of piperidine rings is 1. The molecular formula is C19H26N4O2. The lowest BCUT2D eigenvalue weighted by Gasteiger charge is -2.34. The molecule has 2 aromatic heterocycles. The molecule has 0 bridgehead atoms. The first-order valence-electron chi connectivity index (χ1n) is 9.18. The van der Waals surface area contributed by atoms with Crippen molar-refractivity contribution in [1.82, 2.24) is 15.0 Å². The normalized spacial score (nSPS) is 20.2. The molecular weight excluding hydrogens is 316 g/mol. The number of hydrogen-bond acceptors (Lipinski definition) is 5. The lowest BCUT2D eigenvalue weighted by molar-refractivity contribution is 0.0127. The molecule has 2 fully saturated rings. The van der Waals surface area contributed by atoms with Gasteiger partial charge in [0.25, 0.3) is 5.56 Å². The van der Waals surface area contributed by atoms with E-state index in [0.717, 1.165) is 43.9 Å². The van der Waals surface area contributed by atoms with Crippen molar-refractivity contribution >= 4 is 16.9 Å². The van der Waals surface area contributed by atoms with Gasteiger partial charge in [0, 0.05) is 13.1 Å². The topological polar surface area (TPSA) is 71.1 Å². The molecule has 0 amide bonds. The van der Waals surface area contributed by atoms with E-state index in [9.17, 15) is 4.79 Å². The molecule has 0 radical (unpaired) electrons. The van der Waals surface area contributed by atoms with Crippen molar-refractivity contribution in [2.24, 2.45) is 5.41 Å². The molecule has 1 aliphatic heterocycles. The highest BCUT2D eigenvalue weighted by molar-refractivity contribution is 5.77. The first-order chi connectivity index (χ1) is 11.9. The Morgan fingerprint density at radius 3 is 2.68 bits per heavy atom. The number of aromatic nitrogens is 3. The smallest absolute Gasteiger partial charge is 0.260 e. The van der Waals surface area contributed by atoms with Gasteiger partial charge in [-0.2, -0.15) is 0 Å². The Morgan fingerprint density at radius 1 is 1.28 bits per heavy atom. The van der Waals surface area contributed by atoms with Crippen LogP contribution in [0.15, 0.2) is 10.9 Å². The molecule has 134 valence electrons. The number of H-pyrrole nitrogens is 1. The molecule has 4 rings (SSSR count). The van der Waals surface area contributed by atoms with Gasteiger partial charge < -0.3 is 14.6 Å². The summed E-state index contributed by atoms with van der Waals surface area (Å²) in [5.41, 5.74) is 1.88. The largest absolute Gasteiger partial charge is 0.378 e. The minimum Gasteiger partial charge on any atom is -0.378 e. The van der Waals surface area contributed by atoms with Crippen LogP contribution in [0.25, 0.3) is 11.0 Å². The van der Waals surface area contributed by atoms with Crippen LogP contribution < -0.4 is 10.5 Å². The van der Waals surface area contributed by atoms with Crippen LogP contribution in [0.5, 0.6) is 0 Å². The molecule has 0 spiro atoms. The second-order valence-corrected chi connectivity index (χ2v) is 7.96. The molecule has 6 heteroatoms. The van der Waals surface area contributed by atoms with Crippen molar-refractivity contribution in [3.05, 3.63) is 27.8 Å². The Morgan fingerprint density at radius 2 is 2.00 bits per heavy atom. The van der Waals surface area contributed by atoms with Crippen molar-refractivity contribution in [3.8, 4) is 0 Å². The number of hydrogen-bond donors (Lipinski definition) is 1. The van der Waals surface area contributed by atoms with Crippen LogP contribution in [0.4, 0.5) is 5.82 Å². The number of pyridine rings is 1. The zero-order valence-electron chi connectivity index (χ0n) is 15.3. The zero-order valence-corrected chi connectivity index (χ0v) is 15.3. The Bertz CT molecular complexity index is 848. The minimum absolute atomic E-state index is 0.120. The number of rotatable bonds is 4. The van der Waals surface area contributed by atoms with E-state index in [4.69, 9.17) is 9.72 Å². The fourth-order valence-electron chi connectivity index (χ4n) is 3.50. The summed E-state index contributed by atoms with van der Waals surface area (Å²) in [6, 6.07) is 1.90. The van der Waals surface area contributed by atoms with E-state index in [-0.39, 0.29) is 5.56 Å². The van der Waals surface area contributed by atoms with Crippen LogP contribution in [0, 0.1) is 19.3 Å². The maximum absolute atomic E-state index is 12.1. The molecule has 0 aromatic carbocycles. The van der Waals surface area contributed by atoms with Gasteiger partial charge in [0.15, 0.2) is 5.65 Å². The summed E-state index contributed by atoms with van der Waals surface area (Å²) < 4.78 is 6.12. The van der Waals surface area contributed by atoms with Crippen LogP contribution >= 0.6 is 0 Å². The highest BCUT2D eigenvalue weighted by Crippen LogP contribution is 2.45. The van der Waals surface area contributed by atoms with E-state index in [1.54, 1.807) is 6.92 Å². The summed E-state index contributed by atoms with van der Waals surface area (Å²) in [5, 5.41) is 0.558. The highest BCUT2D eigenvalue weighted by Gasteiger charge is 2.38. The van der Waals surface area contributed by atoms with Crippen molar-refractivity contribution in [3.63, 3.8) is 0 Å². The summed E-state index contributed by atoms with van der Waals surface area (Å²) >= 11 is 0. The molecule has 1 saturated carbocycles. The lowest BCUT2D eigenvalue weighted by Crippen LogP contribution is -2.38. The van der Waals surface area contributed by atoms with Gasteiger partial charge in [0.05, 0.1) is 18.1 Å². The van der Waals surface area contributed by atoms with Gasteiger partial charge in [-0.05, 0) is 56.6 Å². The zero-order chi connectivity index (χ0) is 17.6. The summed E-state index contributed by atoms with van der Waals surface area (Å²) in [4.78, 5) is 26.2. The monoisotopic (exact) mass is 342 g/mol. The average molecular weight is 342 g/mol. The Kier molecular flexibility index (Phi) is 4.02. The van der Waals surface area contributed by atoms with E-state index in [1.807, 2.05) is 13.0 Å². The van der Waals surface area contributed by atoms with Gasteiger partial charge in [-0.25, -0.2) is 9.97 Å². The number of fused-ring (bicyclic) bond motifs is 1. The summed E-state index contributed by atoms with van der Waals surface area (Å²) in [5.74, 6) is 1.54. The minimum atomic E-state index is -0.120. The Balaban J connectivity index is 1.48. The molecule has 2 aromatic rings. The van der Waals surface area contributed by atoms with Gasteiger partial charge in [-0.1, -0.05) is 6.92 Å². The van der Waals surface area contributed by atoms with Crippen LogP contribution in [0.1, 0.15) is 44.0 Å². The number of ether oxygens (including phenoxy) is 1. The standard InChI is InChI=1S/C19H26N4O2/c1-12-10-15-16(20-13(2)21-18(15)24)22-17(12)23-8-4-14(5-9-23)25-11-19(3)6-7-19/h10,14H,4-9,11H2,1-3H3,(H,20,21,22,24). The second-order valence-electron chi connectivity index (χ2n) is 7.96. The van der Waals surface area contributed by atoms with Crippen molar-refractivity contribution in [2.45, 2.75) is 52.6 Å². The van der Waals surface area contributed by atoms with E-state index >= 15 is 0 Å². The van der Waals surface area contributed by atoms with Gasteiger partial charge in [0.2, 0.25) is 0 Å². The summed E-state index contributed by atoms with van der Waals surface area (Å²) in [6.07, 6.45) is 5.02. The maximum atomic E-state index is 12.1. The van der Waals surface area contributed by atoms with Crippen molar-refractivity contribution in [2.75, 3.05) is 24.6 Å². The SMILES string of the molecule is Cc1nc2nc(N3CCC(OCC4(C)CC4)CC3)c(C)cc2c(=O)[nH]1. The highest BCUT2D eigenvalue weighted by atomic mass is 16.5. The first-order valence-corrected chi connectivity index (χ1v) is 9.18. The predicted octanol–water partition coefficient (Wildman–Crippen LogP) is 2.72. The van der Waals surface area contributed by atoms with E-state index in [0.29, 0.717) is 28.4 Å². The maximum Gasteiger partial charge on any atom is 0.260 e. The van der Waals surface area contributed by atoms with Crippen LogP contribution in [-0.2, 0) is 4.74 Å². The summed E-state index contributed by atoms with van der Waals surface area (Å²) in [6.45, 7) is 8.87. The van der Waals surface area contributed by atoms with Gasteiger partial charge in [-0.3, -0.25) is 4.79 Å². The fourth-order valence-corrected chi connectivity index (χ4v) is 3.50. The molecule has 0 atom stereocenters.